The van der Waals surface area contributed by atoms with Gasteiger partial charge in [0.05, 0.1) is 19.2 Å². The molecule has 0 radical (unpaired) electrons. The molecule has 9 heteroatoms. The van der Waals surface area contributed by atoms with E-state index in [0.29, 0.717) is 19.6 Å². The Morgan fingerprint density at radius 2 is 1.97 bits per heavy atom. The average molecular weight is 417 g/mol. The molecule has 4 aromatic rings. The molecule has 1 fully saturated rings. The molecule has 0 spiro atoms. The van der Waals surface area contributed by atoms with Crippen molar-refractivity contribution in [1.29, 1.82) is 0 Å². The third-order valence-corrected chi connectivity index (χ3v) is 5.60. The Hall–Kier alpha value is -3.88. The molecule has 31 heavy (non-hydrogen) atoms. The van der Waals surface area contributed by atoms with Gasteiger partial charge in [-0.3, -0.25) is 9.48 Å². The van der Waals surface area contributed by atoms with Crippen molar-refractivity contribution in [2.75, 3.05) is 25.1 Å². The summed E-state index contributed by atoms with van der Waals surface area (Å²) in [6.45, 7) is 1.77. The number of hydrogen-bond donors (Lipinski definition) is 1. The molecule has 0 bridgehead atoms. The molecule has 0 atom stereocenters. The monoisotopic (exact) mass is 417 g/mol. The van der Waals surface area contributed by atoms with Gasteiger partial charge in [0.2, 0.25) is 5.91 Å². The van der Waals surface area contributed by atoms with E-state index in [1.54, 1.807) is 18.1 Å². The highest BCUT2D eigenvalue weighted by atomic mass is 16.5. The van der Waals surface area contributed by atoms with Gasteiger partial charge in [-0.15, -0.1) is 0 Å². The minimum absolute atomic E-state index is 0.0546. The Balaban J connectivity index is 1.23. The van der Waals surface area contributed by atoms with E-state index in [1.807, 2.05) is 54.4 Å². The largest absolute Gasteiger partial charge is 0.497 e. The number of benzene rings is 1. The number of fused-ring (bicyclic) bond motifs is 1. The van der Waals surface area contributed by atoms with E-state index in [1.165, 1.54) is 0 Å². The summed E-state index contributed by atoms with van der Waals surface area (Å²) in [6.07, 6.45) is 7.31. The molecule has 4 heterocycles. The molecular formula is C22H23N7O2. The lowest BCUT2D eigenvalue weighted by atomic mass is 9.99. The molecule has 0 unspecified atom stereocenters. The number of hydrogen-bond acceptors (Lipinski definition) is 6. The maximum Gasteiger partial charge on any atom is 0.226 e. The number of aryl methyl sites for hydroxylation is 1. The van der Waals surface area contributed by atoms with E-state index < -0.39 is 0 Å². The van der Waals surface area contributed by atoms with E-state index >= 15 is 0 Å². The van der Waals surface area contributed by atoms with Gasteiger partial charge in [-0.1, -0.05) is 12.1 Å². The Bertz CT molecular complexity index is 1220. The van der Waals surface area contributed by atoms with Crippen molar-refractivity contribution in [3.05, 3.63) is 60.8 Å². The van der Waals surface area contributed by atoms with Gasteiger partial charge in [-0.25, -0.2) is 9.50 Å². The summed E-state index contributed by atoms with van der Waals surface area (Å²) in [4.78, 5) is 19.1. The predicted octanol–water partition coefficient (Wildman–Crippen LogP) is 1.89. The van der Waals surface area contributed by atoms with Gasteiger partial charge in [0.15, 0.2) is 5.82 Å². The zero-order valence-electron chi connectivity index (χ0n) is 17.4. The molecule has 9 nitrogen and oxygen atoms in total. The highest BCUT2D eigenvalue weighted by molar-refractivity contribution is 5.84. The molecule has 0 saturated carbocycles. The number of ether oxygens (including phenoxy) is 1. The lowest BCUT2D eigenvalue weighted by Crippen LogP contribution is -2.54. The van der Waals surface area contributed by atoms with E-state index in [2.05, 4.69) is 31.5 Å². The summed E-state index contributed by atoms with van der Waals surface area (Å²) < 4.78 is 8.76. The highest BCUT2D eigenvalue weighted by Crippen LogP contribution is 2.30. The maximum absolute atomic E-state index is 12.5. The average Bonchev–Trinajstić information content (AvgIpc) is 3.38. The molecule has 1 saturated heterocycles. The number of nitrogens with zero attached hydrogens (tertiary/aromatic N) is 6. The van der Waals surface area contributed by atoms with Crippen LogP contribution in [0.4, 0.5) is 5.82 Å². The highest BCUT2D eigenvalue weighted by Gasteiger charge is 2.34. The van der Waals surface area contributed by atoms with Crippen LogP contribution in [-0.4, -0.2) is 50.5 Å². The number of anilines is 1. The number of amides is 1. The van der Waals surface area contributed by atoms with Crippen molar-refractivity contribution < 1.29 is 9.53 Å². The van der Waals surface area contributed by atoms with Crippen LogP contribution in [0.3, 0.4) is 0 Å². The Morgan fingerprint density at radius 1 is 1.16 bits per heavy atom. The third kappa shape index (κ3) is 3.70. The van der Waals surface area contributed by atoms with Crippen molar-refractivity contribution >= 4 is 17.2 Å². The first-order valence-electron chi connectivity index (χ1n) is 10.1. The normalized spacial score (nSPS) is 13.9. The van der Waals surface area contributed by atoms with Crippen molar-refractivity contribution in [2.45, 2.75) is 6.54 Å². The molecule has 1 aliphatic heterocycles. The Morgan fingerprint density at radius 3 is 2.68 bits per heavy atom. The van der Waals surface area contributed by atoms with Gasteiger partial charge in [-0.2, -0.15) is 10.2 Å². The Kier molecular flexibility index (Phi) is 4.78. The zero-order valence-corrected chi connectivity index (χ0v) is 17.4. The lowest BCUT2D eigenvalue weighted by molar-refractivity contribution is -0.125. The van der Waals surface area contributed by atoms with Gasteiger partial charge >= 0.3 is 0 Å². The van der Waals surface area contributed by atoms with Crippen LogP contribution in [0.1, 0.15) is 5.56 Å². The lowest BCUT2D eigenvalue weighted by Gasteiger charge is -2.39. The van der Waals surface area contributed by atoms with Gasteiger partial charge in [0.25, 0.3) is 0 Å². The molecule has 1 N–H and O–H groups in total. The van der Waals surface area contributed by atoms with E-state index in [4.69, 9.17) is 4.74 Å². The van der Waals surface area contributed by atoms with Gasteiger partial charge in [-0.05, 0) is 23.8 Å². The van der Waals surface area contributed by atoms with Crippen molar-refractivity contribution in [2.24, 2.45) is 13.0 Å². The summed E-state index contributed by atoms with van der Waals surface area (Å²) in [5, 5.41) is 11.6. The van der Waals surface area contributed by atoms with Crippen molar-refractivity contribution in [1.82, 2.24) is 29.7 Å². The topological polar surface area (TPSA) is 89.6 Å². The van der Waals surface area contributed by atoms with E-state index in [0.717, 1.165) is 33.8 Å². The minimum Gasteiger partial charge on any atom is -0.497 e. The third-order valence-electron chi connectivity index (χ3n) is 5.60. The zero-order chi connectivity index (χ0) is 21.4. The number of aromatic nitrogens is 5. The molecule has 1 amide bonds. The maximum atomic E-state index is 12.5. The van der Waals surface area contributed by atoms with Gasteiger partial charge in [0.1, 0.15) is 17.6 Å². The number of rotatable bonds is 6. The summed E-state index contributed by atoms with van der Waals surface area (Å²) in [5.74, 6) is 1.65. The number of carbonyl (C=O) groups excluding carboxylic acids is 1. The van der Waals surface area contributed by atoms with Crippen LogP contribution in [-0.2, 0) is 18.4 Å². The van der Waals surface area contributed by atoms with E-state index in [9.17, 15) is 4.79 Å². The molecule has 5 rings (SSSR count). The second-order valence-corrected chi connectivity index (χ2v) is 7.71. The van der Waals surface area contributed by atoms with Crippen LogP contribution in [0.15, 0.2) is 55.2 Å². The van der Waals surface area contributed by atoms with Crippen LogP contribution >= 0.6 is 0 Å². The fourth-order valence-corrected chi connectivity index (χ4v) is 3.78. The smallest absolute Gasteiger partial charge is 0.226 e. The van der Waals surface area contributed by atoms with Crippen LogP contribution in [0.5, 0.6) is 5.75 Å². The number of methoxy groups -OCH3 is 1. The first-order chi connectivity index (χ1) is 15.1. The van der Waals surface area contributed by atoms with Crippen LogP contribution in [0, 0.1) is 5.92 Å². The standard InChI is InChI=1S/C22H23N7O2/c1-27-10-17(9-25-27)16-7-20-21(24-14-26-29(20)13-16)28-11-18(12-28)22(30)23-8-15-3-5-19(31-2)6-4-15/h3-7,9-10,13-14,18H,8,11-12H2,1-2H3,(H,23,30). The summed E-state index contributed by atoms with van der Waals surface area (Å²) in [6, 6.07) is 9.75. The molecule has 1 aliphatic rings. The summed E-state index contributed by atoms with van der Waals surface area (Å²) >= 11 is 0. The molecule has 3 aromatic heterocycles. The van der Waals surface area contributed by atoms with E-state index in [-0.39, 0.29) is 11.8 Å². The minimum atomic E-state index is -0.0546. The summed E-state index contributed by atoms with van der Waals surface area (Å²) in [7, 11) is 3.53. The van der Waals surface area contributed by atoms with Gasteiger partial charge in [0, 0.05) is 50.2 Å². The van der Waals surface area contributed by atoms with Crippen molar-refractivity contribution in [3.8, 4) is 16.9 Å². The number of carbonyl (C=O) groups is 1. The van der Waals surface area contributed by atoms with Crippen LogP contribution in [0.2, 0.25) is 0 Å². The first-order valence-corrected chi connectivity index (χ1v) is 10.1. The molecule has 158 valence electrons. The quantitative estimate of drug-likeness (QED) is 0.515. The first kappa shape index (κ1) is 19.1. The second kappa shape index (κ2) is 7.75. The van der Waals surface area contributed by atoms with Crippen LogP contribution < -0.4 is 15.0 Å². The fourth-order valence-electron chi connectivity index (χ4n) is 3.78. The number of nitrogens with one attached hydrogen (secondary N) is 1. The fraction of sp³-hybridized carbons (Fsp3) is 0.273. The molecule has 0 aliphatic carbocycles. The van der Waals surface area contributed by atoms with Gasteiger partial charge < -0.3 is 15.0 Å². The predicted molar refractivity (Wildman–Crippen MR) is 116 cm³/mol. The SMILES string of the molecule is COc1ccc(CNC(=O)C2CN(c3ncnn4cc(-c5cnn(C)c5)cc34)C2)cc1. The van der Waals surface area contributed by atoms with Crippen molar-refractivity contribution in [3.63, 3.8) is 0 Å². The molecular weight excluding hydrogens is 394 g/mol. The molecule has 1 aromatic carbocycles. The Labute approximate surface area is 179 Å². The summed E-state index contributed by atoms with van der Waals surface area (Å²) in [5.41, 5.74) is 4.01. The second-order valence-electron chi connectivity index (χ2n) is 7.71. The van der Waals surface area contributed by atoms with Crippen LogP contribution in [0.25, 0.3) is 16.6 Å².